The van der Waals surface area contributed by atoms with Crippen LogP contribution < -0.4 is 15.4 Å². The van der Waals surface area contributed by atoms with Crippen molar-refractivity contribution in [3.8, 4) is 11.8 Å². The number of halogens is 2. The van der Waals surface area contributed by atoms with Gasteiger partial charge in [-0.15, -0.1) is 0 Å². The minimum atomic E-state index is -0.597. The van der Waals surface area contributed by atoms with Gasteiger partial charge in [-0.25, -0.2) is 4.98 Å². The lowest BCUT2D eigenvalue weighted by molar-refractivity contribution is -0.112. The Labute approximate surface area is 152 Å². The van der Waals surface area contributed by atoms with Gasteiger partial charge in [0.15, 0.2) is 0 Å². The van der Waals surface area contributed by atoms with Crippen LogP contribution in [0.2, 0.25) is 5.02 Å². The Kier molecular flexibility index (Phi) is 6.18. The molecular formula is C16H12BrClN4O2. The Hall–Kier alpha value is -2.56. The van der Waals surface area contributed by atoms with Gasteiger partial charge in [0.1, 0.15) is 23.2 Å². The SMILES string of the molecule is COc1ccc(Cl)cc1NC(=O)/C(C#N)=C\Nc1cc(Br)ccn1. The standard InChI is InChI=1S/C16H12BrClN4O2/c1-24-14-3-2-12(18)7-13(14)22-16(23)10(8-19)9-21-15-6-11(17)4-5-20-15/h2-7,9H,1H3,(H,20,21)(H,22,23)/b10-9-. The highest BCUT2D eigenvalue weighted by atomic mass is 79.9. The quantitative estimate of drug-likeness (QED) is 0.578. The summed E-state index contributed by atoms with van der Waals surface area (Å²) in [6, 6.07) is 10.1. The first-order valence-corrected chi connectivity index (χ1v) is 7.84. The first-order chi connectivity index (χ1) is 11.5. The predicted octanol–water partition coefficient (Wildman–Crippen LogP) is 3.96. The molecule has 1 aromatic heterocycles. The molecule has 0 saturated heterocycles. The molecule has 0 atom stereocenters. The van der Waals surface area contributed by atoms with E-state index < -0.39 is 5.91 Å². The van der Waals surface area contributed by atoms with E-state index in [1.807, 2.05) is 6.07 Å². The van der Waals surface area contributed by atoms with Gasteiger partial charge in [0.2, 0.25) is 0 Å². The summed E-state index contributed by atoms with van der Waals surface area (Å²) in [5, 5.41) is 15.0. The van der Waals surface area contributed by atoms with Gasteiger partial charge in [-0.05, 0) is 30.3 Å². The zero-order chi connectivity index (χ0) is 17.5. The minimum absolute atomic E-state index is 0.126. The number of ether oxygens (including phenoxy) is 1. The van der Waals surface area contributed by atoms with Crippen molar-refractivity contribution in [1.29, 1.82) is 5.26 Å². The van der Waals surface area contributed by atoms with Crippen LogP contribution >= 0.6 is 27.5 Å². The van der Waals surface area contributed by atoms with Crippen molar-refractivity contribution in [3.05, 3.63) is 57.8 Å². The number of rotatable bonds is 5. The number of methoxy groups -OCH3 is 1. The molecule has 0 unspecified atom stereocenters. The lowest BCUT2D eigenvalue weighted by atomic mass is 10.2. The third-order valence-corrected chi connectivity index (χ3v) is 3.59. The Morgan fingerprint density at radius 3 is 2.88 bits per heavy atom. The van der Waals surface area contributed by atoms with Gasteiger partial charge in [-0.3, -0.25) is 4.79 Å². The number of nitrogens with zero attached hydrogens (tertiary/aromatic N) is 2. The summed E-state index contributed by atoms with van der Waals surface area (Å²) in [5.74, 6) is 0.331. The van der Waals surface area contributed by atoms with Crippen LogP contribution in [-0.4, -0.2) is 18.0 Å². The maximum absolute atomic E-state index is 12.2. The molecule has 1 heterocycles. The van der Waals surface area contributed by atoms with Crippen LogP contribution in [0.4, 0.5) is 11.5 Å². The van der Waals surface area contributed by atoms with E-state index in [-0.39, 0.29) is 5.57 Å². The van der Waals surface area contributed by atoms with E-state index in [2.05, 4.69) is 31.5 Å². The van der Waals surface area contributed by atoms with Gasteiger partial charge in [0.25, 0.3) is 5.91 Å². The lowest BCUT2D eigenvalue weighted by Crippen LogP contribution is -2.15. The van der Waals surface area contributed by atoms with E-state index in [1.165, 1.54) is 19.4 Å². The summed E-state index contributed by atoms with van der Waals surface area (Å²) in [7, 11) is 1.47. The predicted molar refractivity (Wildman–Crippen MR) is 95.9 cm³/mol. The number of aromatic nitrogens is 1. The summed E-state index contributed by atoms with van der Waals surface area (Å²) < 4.78 is 5.97. The number of hydrogen-bond donors (Lipinski definition) is 2. The summed E-state index contributed by atoms with van der Waals surface area (Å²) in [4.78, 5) is 16.3. The number of nitriles is 1. The second kappa shape index (κ2) is 8.34. The second-order valence-electron chi connectivity index (χ2n) is 4.47. The van der Waals surface area contributed by atoms with Crippen molar-refractivity contribution in [2.45, 2.75) is 0 Å². The molecule has 2 rings (SSSR count). The highest BCUT2D eigenvalue weighted by Crippen LogP contribution is 2.28. The average molecular weight is 408 g/mol. The van der Waals surface area contributed by atoms with Crippen LogP contribution in [0.25, 0.3) is 0 Å². The summed E-state index contributed by atoms with van der Waals surface area (Å²) >= 11 is 9.23. The van der Waals surface area contributed by atoms with Crippen LogP contribution in [-0.2, 0) is 4.79 Å². The number of nitrogens with one attached hydrogen (secondary N) is 2. The Morgan fingerprint density at radius 2 is 2.21 bits per heavy atom. The smallest absolute Gasteiger partial charge is 0.267 e. The normalized spacial score (nSPS) is 10.7. The molecule has 24 heavy (non-hydrogen) atoms. The highest BCUT2D eigenvalue weighted by Gasteiger charge is 2.13. The fourth-order valence-electron chi connectivity index (χ4n) is 1.75. The first-order valence-electron chi connectivity index (χ1n) is 6.66. The Balaban J connectivity index is 2.16. The van der Waals surface area contributed by atoms with Crippen molar-refractivity contribution in [2.75, 3.05) is 17.7 Å². The monoisotopic (exact) mass is 406 g/mol. The van der Waals surface area contributed by atoms with Crippen LogP contribution in [0.5, 0.6) is 5.75 Å². The molecule has 6 nitrogen and oxygen atoms in total. The second-order valence-corrected chi connectivity index (χ2v) is 5.82. The molecule has 0 aliphatic carbocycles. The molecule has 2 aromatic rings. The van der Waals surface area contributed by atoms with Crippen molar-refractivity contribution in [3.63, 3.8) is 0 Å². The van der Waals surface area contributed by atoms with Gasteiger partial charge in [-0.2, -0.15) is 5.26 Å². The van der Waals surface area contributed by atoms with Crippen molar-refractivity contribution in [1.82, 2.24) is 4.98 Å². The van der Waals surface area contributed by atoms with E-state index in [0.29, 0.717) is 22.3 Å². The fourth-order valence-corrected chi connectivity index (χ4v) is 2.25. The molecule has 8 heteroatoms. The molecule has 0 fully saturated rings. The number of amides is 1. The largest absolute Gasteiger partial charge is 0.495 e. The van der Waals surface area contributed by atoms with E-state index in [4.69, 9.17) is 16.3 Å². The molecular weight excluding hydrogens is 396 g/mol. The van der Waals surface area contributed by atoms with Gasteiger partial charge < -0.3 is 15.4 Å². The zero-order valence-corrected chi connectivity index (χ0v) is 14.9. The highest BCUT2D eigenvalue weighted by molar-refractivity contribution is 9.10. The molecule has 1 aromatic carbocycles. The Morgan fingerprint density at radius 1 is 1.42 bits per heavy atom. The molecule has 0 spiro atoms. The number of benzene rings is 1. The lowest BCUT2D eigenvalue weighted by Gasteiger charge is -2.10. The number of pyridine rings is 1. The number of carbonyl (C=O) groups is 1. The number of carbonyl (C=O) groups excluding carboxylic acids is 1. The summed E-state index contributed by atoms with van der Waals surface area (Å²) in [6.45, 7) is 0. The molecule has 0 radical (unpaired) electrons. The maximum Gasteiger partial charge on any atom is 0.267 e. The topological polar surface area (TPSA) is 87.0 Å². The van der Waals surface area contributed by atoms with Crippen LogP contribution in [0, 0.1) is 11.3 Å². The van der Waals surface area contributed by atoms with E-state index in [9.17, 15) is 10.1 Å². The third-order valence-electron chi connectivity index (χ3n) is 2.86. The third kappa shape index (κ3) is 4.72. The van der Waals surface area contributed by atoms with E-state index >= 15 is 0 Å². The molecule has 0 aliphatic rings. The summed E-state index contributed by atoms with van der Waals surface area (Å²) in [6.07, 6.45) is 2.87. The number of hydrogen-bond acceptors (Lipinski definition) is 5. The van der Waals surface area contributed by atoms with Gasteiger partial charge >= 0.3 is 0 Å². The molecule has 0 saturated carbocycles. The average Bonchev–Trinajstić information content (AvgIpc) is 2.55. The summed E-state index contributed by atoms with van der Waals surface area (Å²) in [5.41, 5.74) is 0.246. The molecule has 1 amide bonds. The fraction of sp³-hybridized carbons (Fsp3) is 0.0625. The number of anilines is 2. The van der Waals surface area contributed by atoms with Crippen molar-refractivity contribution < 1.29 is 9.53 Å². The van der Waals surface area contributed by atoms with Gasteiger partial charge in [-0.1, -0.05) is 27.5 Å². The molecule has 2 N–H and O–H groups in total. The maximum atomic E-state index is 12.2. The van der Waals surface area contributed by atoms with Crippen molar-refractivity contribution >= 4 is 44.9 Å². The molecule has 0 aliphatic heterocycles. The van der Waals surface area contributed by atoms with E-state index in [0.717, 1.165) is 4.47 Å². The van der Waals surface area contributed by atoms with Crippen LogP contribution in [0.15, 0.2) is 52.8 Å². The first kappa shape index (κ1) is 17.8. The van der Waals surface area contributed by atoms with E-state index in [1.54, 1.807) is 30.5 Å². The zero-order valence-electron chi connectivity index (χ0n) is 12.5. The molecule has 0 bridgehead atoms. The van der Waals surface area contributed by atoms with Gasteiger partial charge in [0.05, 0.1) is 12.8 Å². The van der Waals surface area contributed by atoms with Crippen molar-refractivity contribution in [2.24, 2.45) is 0 Å². The van der Waals surface area contributed by atoms with Crippen LogP contribution in [0.1, 0.15) is 0 Å². The molecule has 122 valence electrons. The minimum Gasteiger partial charge on any atom is -0.495 e. The van der Waals surface area contributed by atoms with Crippen LogP contribution in [0.3, 0.4) is 0 Å². The Bertz CT molecular complexity index is 833. The van der Waals surface area contributed by atoms with Gasteiger partial charge in [0, 0.05) is 21.9 Å².